The number of benzene rings is 1. The Bertz CT molecular complexity index is 443. The molecule has 1 aromatic carbocycles. The molecule has 0 spiro atoms. The molecule has 3 heteroatoms. The molecule has 1 aliphatic carbocycles. The van der Waals surface area contributed by atoms with E-state index in [-0.39, 0.29) is 5.97 Å². The minimum atomic E-state index is -0.561. The molecule has 0 radical (unpaired) electrons. The topological polar surface area (TPSA) is 38.3 Å². The maximum atomic E-state index is 12.4. The van der Waals surface area contributed by atoms with E-state index in [1.54, 1.807) is 0 Å². The van der Waals surface area contributed by atoms with Gasteiger partial charge in [0, 0.05) is 12.8 Å². The largest absolute Gasteiger partial charge is 0.465 e. The third-order valence-corrected chi connectivity index (χ3v) is 3.95. The number of ether oxygens (including phenoxy) is 1. The highest BCUT2D eigenvalue weighted by molar-refractivity contribution is 5.83. The Morgan fingerprint density at radius 1 is 1.30 bits per heavy atom. The maximum Gasteiger partial charge on any atom is 0.327 e. The molecule has 0 aliphatic heterocycles. The second-order valence-corrected chi connectivity index (χ2v) is 6.03. The highest BCUT2D eigenvalue weighted by Crippen LogP contribution is 2.31. The lowest BCUT2D eigenvalue weighted by molar-refractivity contribution is -0.150. The SMILES string of the molecule is CCOC(=O)C1(NCCC(C)C)Cc2ccccc2C1. The van der Waals surface area contributed by atoms with E-state index in [1.165, 1.54) is 11.1 Å². The smallest absolute Gasteiger partial charge is 0.327 e. The van der Waals surface area contributed by atoms with E-state index in [2.05, 4.69) is 31.3 Å². The van der Waals surface area contributed by atoms with Crippen molar-refractivity contribution in [3.05, 3.63) is 35.4 Å². The minimum absolute atomic E-state index is 0.111. The summed E-state index contributed by atoms with van der Waals surface area (Å²) >= 11 is 0. The normalized spacial score (nSPS) is 16.2. The summed E-state index contributed by atoms with van der Waals surface area (Å²) < 4.78 is 5.32. The number of rotatable bonds is 6. The first kappa shape index (κ1) is 15.0. The molecule has 0 amide bonds. The van der Waals surface area contributed by atoms with Crippen molar-refractivity contribution < 1.29 is 9.53 Å². The van der Waals surface area contributed by atoms with E-state index in [4.69, 9.17) is 4.74 Å². The van der Waals surface area contributed by atoms with E-state index in [1.807, 2.05) is 19.1 Å². The Balaban J connectivity index is 2.13. The molecular weight excluding hydrogens is 250 g/mol. The van der Waals surface area contributed by atoms with Crippen molar-refractivity contribution in [2.75, 3.05) is 13.2 Å². The molecule has 1 N–H and O–H groups in total. The number of nitrogens with one attached hydrogen (secondary N) is 1. The monoisotopic (exact) mass is 275 g/mol. The van der Waals surface area contributed by atoms with Crippen LogP contribution in [-0.4, -0.2) is 24.7 Å². The first-order valence-corrected chi connectivity index (χ1v) is 7.56. The maximum absolute atomic E-state index is 12.4. The van der Waals surface area contributed by atoms with Gasteiger partial charge in [-0.25, -0.2) is 0 Å². The van der Waals surface area contributed by atoms with Crippen LogP contribution in [-0.2, 0) is 22.4 Å². The van der Waals surface area contributed by atoms with Gasteiger partial charge >= 0.3 is 5.97 Å². The summed E-state index contributed by atoms with van der Waals surface area (Å²) in [6, 6.07) is 8.29. The predicted molar refractivity (Wildman–Crippen MR) is 80.7 cm³/mol. The summed E-state index contributed by atoms with van der Waals surface area (Å²) in [5, 5.41) is 3.48. The molecule has 1 aromatic rings. The molecule has 0 fully saturated rings. The molecule has 110 valence electrons. The van der Waals surface area contributed by atoms with Gasteiger partial charge in [-0.15, -0.1) is 0 Å². The van der Waals surface area contributed by atoms with Crippen LogP contribution in [0.1, 0.15) is 38.3 Å². The summed E-state index contributed by atoms with van der Waals surface area (Å²) in [6.45, 7) is 7.54. The first-order valence-electron chi connectivity index (χ1n) is 7.56. The van der Waals surface area contributed by atoms with Crippen LogP contribution in [0.4, 0.5) is 0 Å². The summed E-state index contributed by atoms with van der Waals surface area (Å²) in [5.74, 6) is 0.519. The van der Waals surface area contributed by atoms with Crippen molar-refractivity contribution in [2.24, 2.45) is 5.92 Å². The van der Waals surface area contributed by atoms with Gasteiger partial charge in [0.25, 0.3) is 0 Å². The van der Waals surface area contributed by atoms with Crippen LogP contribution in [0.5, 0.6) is 0 Å². The molecule has 1 aliphatic rings. The zero-order valence-corrected chi connectivity index (χ0v) is 12.7. The van der Waals surface area contributed by atoms with Gasteiger partial charge in [-0.2, -0.15) is 0 Å². The zero-order chi connectivity index (χ0) is 14.6. The quantitative estimate of drug-likeness (QED) is 0.811. The predicted octanol–water partition coefficient (Wildman–Crippen LogP) is 2.72. The molecule has 0 bridgehead atoms. The summed E-state index contributed by atoms with van der Waals surface area (Å²) in [4.78, 5) is 12.4. The highest BCUT2D eigenvalue weighted by atomic mass is 16.5. The Morgan fingerprint density at radius 3 is 2.40 bits per heavy atom. The molecule has 0 unspecified atom stereocenters. The average molecular weight is 275 g/mol. The summed E-state index contributed by atoms with van der Waals surface area (Å²) in [6.07, 6.45) is 2.54. The van der Waals surface area contributed by atoms with E-state index >= 15 is 0 Å². The van der Waals surface area contributed by atoms with Gasteiger partial charge in [-0.1, -0.05) is 38.1 Å². The summed E-state index contributed by atoms with van der Waals surface area (Å²) in [5.41, 5.74) is 1.96. The van der Waals surface area contributed by atoms with Gasteiger partial charge in [0.05, 0.1) is 6.61 Å². The third-order valence-electron chi connectivity index (χ3n) is 3.95. The number of hydrogen-bond acceptors (Lipinski definition) is 3. The molecule has 0 saturated heterocycles. The number of hydrogen-bond donors (Lipinski definition) is 1. The van der Waals surface area contributed by atoms with Gasteiger partial charge in [0.15, 0.2) is 0 Å². The molecule has 2 rings (SSSR count). The van der Waals surface area contributed by atoms with Crippen molar-refractivity contribution in [1.82, 2.24) is 5.32 Å². The Kier molecular flexibility index (Phi) is 4.81. The van der Waals surface area contributed by atoms with E-state index in [9.17, 15) is 4.79 Å². The molecule has 3 nitrogen and oxygen atoms in total. The Morgan fingerprint density at radius 2 is 1.90 bits per heavy atom. The molecule has 0 saturated carbocycles. The summed E-state index contributed by atoms with van der Waals surface area (Å²) in [7, 11) is 0. The van der Waals surface area contributed by atoms with E-state index in [0.717, 1.165) is 25.8 Å². The standard InChI is InChI=1S/C17H25NO2/c1-4-20-16(19)17(18-10-9-13(2)3)11-14-7-5-6-8-15(14)12-17/h5-8,13,18H,4,9-12H2,1-3H3. The number of carbonyl (C=O) groups excluding carboxylic acids is 1. The van der Waals surface area contributed by atoms with Crippen LogP contribution in [0.15, 0.2) is 24.3 Å². The van der Waals surface area contributed by atoms with Crippen molar-refractivity contribution in [2.45, 2.75) is 45.6 Å². The van der Waals surface area contributed by atoms with Crippen molar-refractivity contribution in [3.8, 4) is 0 Å². The van der Waals surface area contributed by atoms with E-state index in [0.29, 0.717) is 12.5 Å². The number of fused-ring (bicyclic) bond motifs is 1. The van der Waals surface area contributed by atoms with Crippen LogP contribution < -0.4 is 5.32 Å². The zero-order valence-electron chi connectivity index (χ0n) is 12.7. The average Bonchev–Trinajstić information content (AvgIpc) is 2.78. The third kappa shape index (κ3) is 3.21. The van der Waals surface area contributed by atoms with Crippen LogP contribution in [0.3, 0.4) is 0 Å². The van der Waals surface area contributed by atoms with Crippen molar-refractivity contribution in [3.63, 3.8) is 0 Å². The molecule has 0 atom stereocenters. The van der Waals surface area contributed by atoms with Crippen LogP contribution in [0.25, 0.3) is 0 Å². The second-order valence-electron chi connectivity index (χ2n) is 6.03. The fourth-order valence-corrected chi connectivity index (χ4v) is 2.83. The molecule has 0 aromatic heterocycles. The van der Waals surface area contributed by atoms with Gasteiger partial charge in [0.2, 0.25) is 0 Å². The number of carbonyl (C=O) groups is 1. The van der Waals surface area contributed by atoms with Gasteiger partial charge in [-0.05, 0) is 36.9 Å². The van der Waals surface area contributed by atoms with Crippen LogP contribution in [0.2, 0.25) is 0 Å². The van der Waals surface area contributed by atoms with Gasteiger partial charge < -0.3 is 10.1 Å². The van der Waals surface area contributed by atoms with E-state index < -0.39 is 5.54 Å². The van der Waals surface area contributed by atoms with Crippen LogP contribution in [0, 0.1) is 5.92 Å². The molecular formula is C17H25NO2. The highest BCUT2D eigenvalue weighted by Gasteiger charge is 2.44. The van der Waals surface area contributed by atoms with Crippen LogP contribution >= 0.6 is 0 Å². The van der Waals surface area contributed by atoms with Gasteiger partial charge in [-0.3, -0.25) is 4.79 Å². The van der Waals surface area contributed by atoms with Crippen molar-refractivity contribution >= 4 is 5.97 Å². The molecule has 0 heterocycles. The van der Waals surface area contributed by atoms with Gasteiger partial charge in [0.1, 0.15) is 5.54 Å². The Hall–Kier alpha value is -1.35. The van der Waals surface area contributed by atoms with Crippen molar-refractivity contribution in [1.29, 1.82) is 0 Å². The first-order chi connectivity index (χ1) is 9.57. The Labute approximate surface area is 121 Å². The number of esters is 1. The lowest BCUT2D eigenvalue weighted by atomic mass is 9.95. The fourth-order valence-electron chi connectivity index (χ4n) is 2.83. The minimum Gasteiger partial charge on any atom is -0.465 e. The fraction of sp³-hybridized carbons (Fsp3) is 0.588. The second kappa shape index (κ2) is 6.40. The molecule has 20 heavy (non-hydrogen) atoms. The lowest BCUT2D eigenvalue weighted by Crippen LogP contribution is -2.54. The lowest BCUT2D eigenvalue weighted by Gasteiger charge is -2.28.